The van der Waals surface area contributed by atoms with E-state index in [1.54, 1.807) is 11.3 Å². The lowest BCUT2D eigenvalue weighted by atomic mass is 10.1. The highest BCUT2D eigenvalue weighted by Gasteiger charge is 2.47. The molecule has 0 spiro atoms. The van der Waals surface area contributed by atoms with Gasteiger partial charge in [0.05, 0.1) is 11.8 Å². The zero-order chi connectivity index (χ0) is 9.31. The van der Waals surface area contributed by atoms with E-state index in [1.807, 2.05) is 0 Å². The molecule has 1 aliphatic carbocycles. The van der Waals surface area contributed by atoms with Crippen molar-refractivity contribution in [3.05, 3.63) is 16.1 Å². The number of thiazole rings is 1. The van der Waals surface area contributed by atoms with Crippen LogP contribution in [0.1, 0.15) is 36.9 Å². The first-order valence-electron chi connectivity index (χ1n) is 4.67. The van der Waals surface area contributed by atoms with Crippen molar-refractivity contribution in [2.75, 3.05) is 0 Å². The number of hydrogen-bond acceptors (Lipinski definition) is 3. The van der Waals surface area contributed by atoms with E-state index in [1.165, 1.54) is 0 Å². The topological polar surface area (TPSA) is 36.7 Å². The Morgan fingerprint density at radius 2 is 2.46 bits per heavy atom. The maximum absolute atomic E-state index is 8.97. The van der Waals surface area contributed by atoms with E-state index in [0.29, 0.717) is 0 Å². The predicted molar refractivity (Wildman–Crippen MR) is 52.6 cm³/mol. The van der Waals surface area contributed by atoms with Crippen LogP contribution >= 0.6 is 11.3 Å². The van der Waals surface area contributed by atoms with Gasteiger partial charge < -0.3 is 0 Å². The van der Waals surface area contributed by atoms with Crippen LogP contribution in [-0.4, -0.2) is 4.98 Å². The molecule has 2 rings (SSSR count). The van der Waals surface area contributed by atoms with Crippen LogP contribution in [-0.2, 0) is 11.8 Å². The van der Waals surface area contributed by atoms with Crippen LogP contribution in [0.2, 0.25) is 0 Å². The Morgan fingerprint density at radius 3 is 3.00 bits per heavy atom. The van der Waals surface area contributed by atoms with Crippen molar-refractivity contribution in [3.8, 4) is 6.07 Å². The molecule has 1 aromatic heterocycles. The Balaban J connectivity index is 2.19. The third-order valence-electron chi connectivity index (χ3n) is 2.43. The predicted octanol–water partition coefficient (Wildman–Crippen LogP) is 2.65. The minimum atomic E-state index is -0.184. The number of aryl methyl sites for hydroxylation is 1. The second-order valence-corrected chi connectivity index (χ2v) is 4.45. The van der Waals surface area contributed by atoms with Gasteiger partial charge in [-0.05, 0) is 19.3 Å². The average molecular weight is 192 g/mol. The minimum absolute atomic E-state index is 0.184. The third-order valence-corrected chi connectivity index (χ3v) is 3.53. The van der Waals surface area contributed by atoms with Gasteiger partial charge in [0.1, 0.15) is 10.4 Å². The molecule has 0 N–H and O–H groups in total. The van der Waals surface area contributed by atoms with E-state index in [0.717, 1.165) is 36.4 Å². The number of nitriles is 1. The number of rotatable bonds is 3. The molecular weight excluding hydrogens is 180 g/mol. The number of nitrogens with zero attached hydrogens (tertiary/aromatic N) is 2. The van der Waals surface area contributed by atoms with E-state index in [4.69, 9.17) is 5.26 Å². The Labute approximate surface area is 82.2 Å². The maximum Gasteiger partial charge on any atom is 0.113 e. The second kappa shape index (κ2) is 3.12. The minimum Gasteiger partial charge on any atom is -0.245 e. The molecule has 0 atom stereocenters. The molecule has 3 heteroatoms. The van der Waals surface area contributed by atoms with Gasteiger partial charge in [-0.2, -0.15) is 5.26 Å². The summed E-state index contributed by atoms with van der Waals surface area (Å²) in [5, 5.41) is 12.1. The Morgan fingerprint density at radius 1 is 1.69 bits per heavy atom. The van der Waals surface area contributed by atoms with Crippen LogP contribution in [0, 0.1) is 11.3 Å². The summed E-state index contributed by atoms with van der Waals surface area (Å²) in [5.74, 6) is 0. The first kappa shape index (κ1) is 8.71. The van der Waals surface area contributed by atoms with E-state index in [-0.39, 0.29) is 5.41 Å². The van der Waals surface area contributed by atoms with Crippen LogP contribution in [0.5, 0.6) is 0 Å². The number of hydrogen-bond donors (Lipinski definition) is 0. The standard InChI is InChI=1S/C10H12N2S/c1-2-3-8-6-13-9(12-8)10(7-11)4-5-10/h6H,2-5H2,1H3. The molecule has 0 amide bonds. The van der Waals surface area contributed by atoms with Gasteiger partial charge in [-0.15, -0.1) is 11.3 Å². The van der Waals surface area contributed by atoms with Gasteiger partial charge in [0.15, 0.2) is 0 Å². The Bertz CT molecular complexity index is 344. The zero-order valence-electron chi connectivity index (χ0n) is 7.71. The maximum atomic E-state index is 8.97. The lowest BCUT2D eigenvalue weighted by molar-refractivity contribution is 0.841. The van der Waals surface area contributed by atoms with E-state index >= 15 is 0 Å². The molecule has 2 nitrogen and oxygen atoms in total. The van der Waals surface area contributed by atoms with Crippen LogP contribution in [0.3, 0.4) is 0 Å². The van der Waals surface area contributed by atoms with Crippen molar-refractivity contribution in [1.29, 1.82) is 5.26 Å². The van der Waals surface area contributed by atoms with Crippen molar-refractivity contribution in [2.24, 2.45) is 0 Å². The normalized spacial score (nSPS) is 18.2. The summed E-state index contributed by atoms with van der Waals surface area (Å²) in [7, 11) is 0. The first-order valence-corrected chi connectivity index (χ1v) is 5.55. The quantitative estimate of drug-likeness (QED) is 0.738. The van der Waals surface area contributed by atoms with Gasteiger partial charge in [-0.1, -0.05) is 13.3 Å². The lowest BCUT2D eigenvalue weighted by Crippen LogP contribution is -2.01. The highest BCUT2D eigenvalue weighted by atomic mass is 32.1. The van der Waals surface area contributed by atoms with Crippen molar-refractivity contribution in [3.63, 3.8) is 0 Å². The molecule has 1 fully saturated rings. The molecule has 13 heavy (non-hydrogen) atoms. The van der Waals surface area contributed by atoms with Crippen LogP contribution < -0.4 is 0 Å². The molecule has 1 heterocycles. The fourth-order valence-corrected chi connectivity index (χ4v) is 2.46. The molecule has 0 aliphatic heterocycles. The summed E-state index contributed by atoms with van der Waals surface area (Å²) in [5.41, 5.74) is 0.973. The summed E-state index contributed by atoms with van der Waals surface area (Å²) in [4.78, 5) is 4.50. The molecule has 0 aromatic carbocycles. The highest BCUT2D eigenvalue weighted by molar-refractivity contribution is 7.09. The van der Waals surface area contributed by atoms with Gasteiger partial charge in [-0.3, -0.25) is 0 Å². The van der Waals surface area contributed by atoms with Gasteiger partial charge in [0.25, 0.3) is 0 Å². The molecule has 1 saturated carbocycles. The van der Waals surface area contributed by atoms with E-state index in [2.05, 4.69) is 23.4 Å². The lowest BCUT2D eigenvalue weighted by Gasteiger charge is -1.97. The molecule has 1 aromatic rings. The van der Waals surface area contributed by atoms with Crippen molar-refractivity contribution in [2.45, 2.75) is 38.0 Å². The largest absolute Gasteiger partial charge is 0.245 e. The second-order valence-electron chi connectivity index (χ2n) is 3.59. The molecule has 0 unspecified atom stereocenters. The molecule has 0 bridgehead atoms. The first-order chi connectivity index (χ1) is 6.30. The van der Waals surface area contributed by atoms with Crippen molar-refractivity contribution in [1.82, 2.24) is 4.98 Å². The summed E-state index contributed by atoms with van der Waals surface area (Å²) in [6.07, 6.45) is 4.17. The highest BCUT2D eigenvalue weighted by Crippen LogP contribution is 2.48. The average Bonchev–Trinajstić information content (AvgIpc) is 2.82. The van der Waals surface area contributed by atoms with Crippen LogP contribution in [0.4, 0.5) is 0 Å². The molecule has 1 aliphatic rings. The smallest absolute Gasteiger partial charge is 0.113 e. The molecule has 0 radical (unpaired) electrons. The summed E-state index contributed by atoms with van der Waals surface area (Å²) in [6.45, 7) is 2.15. The van der Waals surface area contributed by atoms with Crippen LogP contribution in [0.25, 0.3) is 0 Å². The van der Waals surface area contributed by atoms with Gasteiger partial charge in [0.2, 0.25) is 0 Å². The van der Waals surface area contributed by atoms with Crippen molar-refractivity contribution < 1.29 is 0 Å². The summed E-state index contributed by atoms with van der Waals surface area (Å²) >= 11 is 1.65. The summed E-state index contributed by atoms with van der Waals surface area (Å²) in [6, 6.07) is 2.37. The Hall–Kier alpha value is -0.880. The number of aromatic nitrogens is 1. The fraction of sp³-hybridized carbons (Fsp3) is 0.600. The van der Waals surface area contributed by atoms with Crippen LogP contribution in [0.15, 0.2) is 5.38 Å². The molecule has 0 saturated heterocycles. The Kier molecular flexibility index (Phi) is 2.09. The third kappa shape index (κ3) is 1.47. The van der Waals surface area contributed by atoms with E-state index in [9.17, 15) is 0 Å². The van der Waals surface area contributed by atoms with Gasteiger partial charge in [0, 0.05) is 5.38 Å². The van der Waals surface area contributed by atoms with Gasteiger partial charge >= 0.3 is 0 Å². The SMILES string of the molecule is CCCc1csc(C2(C#N)CC2)n1. The zero-order valence-corrected chi connectivity index (χ0v) is 8.52. The van der Waals surface area contributed by atoms with Gasteiger partial charge in [-0.25, -0.2) is 4.98 Å². The van der Waals surface area contributed by atoms with Crippen molar-refractivity contribution >= 4 is 11.3 Å². The monoisotopic (exact) mass is 192 g/mol. The summed E-state index contributed by atoms with van der Waals surface area (Å²) < 4.78 is 0. The molecular formula is C10H12N2S. The molecule has 68 valence electrons. The van der Waals surface area contributed by atoms with E-state index < -0.39 is 0 Å². The fourth-order valence-electron chi connectivity index (χ4n) is 1.40.